The molecule has 1 rings (SSSR count). The lowest BCUT2D eigenvalue weighted by molar-refractivity contribution is -0.134. The molecule has 94 valence electrons. The van der Waals surface area contributed by atoms with E-state index in [-0.39, 0.29) is 5.92 Å². The molecule has 4 heteroatoms. The highest BCUT2D eigenvalue weighted by atomic mass is 16.2. The minimum absolute atomic E-state index is 0.207. The molecule has 1 fully saturated rings. The Kier molecular flexibility index (Phi) is 5.77. The zero-order valence-electron chi connectivity index (χ0n) is 10.8. The molecule has 1 saturated heterocycles. The van der Waals surface area contributed by atoms with Crippen LogP contribution < -0.4 is 5.32 Å². The molecular formula is C12H25N3O. The fourth-order valence-corrected chi connectivity index (χ4v) is 2.11. The number of hydrogen-bond donors (Lipinski definition) is 1. The molecule has 1 N–H and O–H groups in total. The molecule has 0 bridgehead atoms. The number of amides is 1. The van der Waals surface area contributed by atoms with Crippen molar-refractivity contribution < 1.29 is 4.79 Å². The Morgan fingerprint density at radius 1 is 1.31 bits per heavy atom. The van der Waals surface area contributed by atoms with Gasteiger partial charge in [0.1, 0.15) is 0 Å². The Morgan fingerprint density at radius 3 is 2.62 bits per heavy atom. The van der Waals surface area contributed by atoms with Gasteiger partial charge in [0.15, 0.2) is 0 Å². The predicted octanol–water partition coefficient (Wildman–Crippen LogP) is 0.396. The quantitative estimate of drug-likeness (QED) is 0.738. The van der Waals surface area contributed by atoms with E-state index in [1.165, 1.54) is 0 Å². The summed E-state index contributed by atoms with van der Waals surface area (Å²) in [4.78, 5) is 16.1. The smallest absolute Gasteiger partial charge is 0.226 e. The topological polar surface area (TPSA) is 35.6 Å². The molecule has 0 aromatic heterocycles. The predicted molar refractivity (Wildman–Crippen MR) is 66.4 cm³/mol. The van der Waals surface area contributed by atoms with Crippen molar-refractivity contribution in [2.45, 2.75) is 19.3 Å². The highest BCUT2D eigenvalue weighted by Crippen LogP contribution is 2.12. The van der Waals surface area contributed by atoms with Gasteiger partial charge in [-0.05, 0) is 46.4 Å². The van der Waals surface area contributed by atoms with Crippen molar-refractivity contribution in [2.24, 2.45) is 5.92 Å². The Bertz CT molecular complexity index is 212. The Hall–Kier alpha value is -0.610. The summed E-state index contributed by atoms with van der Waals surface area (Å²) >= 11 is 0. The first kappa shape index (κ1) is 13.5. The van der Waals surface area contributed by atoms with Gasteiger partial charge in [0, 0.05) is 20.1 Å². The summed E-state index contributed by atoms with van der Waals surface area (Å²) in [5.41, 5.74) is 0. The highest BCUT2D eigenvalue weighted by molar-refractivity contribution is 5.78. The second-order valence-electron chi connectivity index (χ2n) is 4.96. The molecule has 1 heterocycles. The number of nitrogens with one attached hydrogen (secondary N) is 1. The lowest BCUT2D eigenvalue weighted by Crippen LogP contribution is -2.42. The van der Waals surface area contributed by atoms with Crippen LogP contribution in [0.1, 0.15) is 19.3 Å². The molecule has 1 amide bonds. The van der Waals surface area contributed by atoms with E-state index in [2.05, 4.69) is 24.3 Å². The third-order valence-electron chi connectivity index (χ3n) is 3.12. The molecule has 1 atom stereocenters. The zero-order chi connectivity index (χ0) is 12.0. The summed E-state index contributed by atoms with van der Waals surface area (Å²) in [6.07, 6.45) is 3.22. The third kappa shape index (κ3) is 4.49. The first-order valence-corrected chi connectivity index (χ1v) is 6.21. The van der Waals surface area contributed by atoms with Gasteiger partial charge in [-0.3, -0.25) is 4.79 Å². The summed E-state index contributed by atoms with van der Waals surface area (Å²) in [5, 5.41) is 3.29. The summed E-state index contributed by atoms with van der Waals surface area (Å²) in [6, 6.07) is 0. The summed E-state index contributed by atoms with van der Waals surface area (Å²) in [6.45, 7) is 3.83. The second-order valence-corrected chi connectivity index (χ2v) is 4.96. The van der Waals surface area contributed by atoms with Gasteiger partial charge in [-0.2, -0.15) is 0 Å². The van der Waals surface area contributed by atoms with Crippen LogP contribution in [0.15, 0.2) is 0 Å². The standard InChI is InChI=1S/C12H25N3O/c1-14(2)8-5-9-15(3)12(16)11-6-4-7-13-10-11/h11,13H,4-10H2,1-3H3. The third-order valence-corrected chi connectivity index (χ3v) is 3.12. The van der Waals surface area contributed by atoms with E-state index >= 15 is 0 Å². The van der Waals surface area contributed by atoms with E-state index in [1.807, 2.05) is 11.9 Å². The van der Waals surface area contributed by atoms with Crippen molar-refractivity contribution in [3.63, 3.8) is 0 Å². The van der Waals surface area contributed by atoms with Crippen molar-refractivity contribution >= 4 is 5.91 Å². The Labute approximate surface area is 99.0 Å². The number of carbonyl (C=O) groups is 1. The van der Waals surface area contributed by atoms with Crippen LogP contribution in [-0.2, 0) is 4.79 Å². The lowest BCUT2D eigenvalue weighted by Gasteiger charge is -2.27. The minimum Gasteiger partial charge on any atom is -0.345 e. The first-order valence-electron chi connectivity index (χ1n) is 6.21. The molecule has 0 aromatic carbocycles. The van der Waals surface area contributed by atoms with Crippen molar-refractivity contribution in [1.29, 1.82) is 0 Å². The molecule has 1 aliphatic heterocycles. The van der Waals surface area contributed by atoms with Gasteiger partial charge >= 0.3 is 0 Å². The van der Waals surface area contributed by atoms with E-state index in [0.29, 0.717) is 5.91 Å². The number of nitrogens with zero attached hydrogens (tertiary/aromatic N) is 2. The lowest BCUT2D eigenvalue weighted by atomic mass is 9.98. The van der Waals surface area contributed by atoms with E-state index < -0.39 is 0 Å². The van der Waals surface area contributed by atoms with E-state index in [4.69, 9.17) is 0 Å². The maximum absolute atomic E-state index is 12.0. The number of carbonyl (C=O) groups excluding carboxylic acids is 1. The van der Waals surface area contributed by atoms with Crippen LogP contribution in [-0.4, -0.2) is 63.0 Å². The largest absolute Gasteiger partial charge is 0.345 e. The average molecular weight is 227 g/mol. The first-order chi connectivity index (χ1) is 7.61. The van der Waals surface area contributed by atoms with Crippen LogP contribution in [0.3, 0.4) is 0 Å². The number of rotatable bonds is 5. The maximum Gasteiger partial charge on any atom is 0.226 e. The number of piperidine rings is 1. The van der Waals surface area contributed by atoms with Crippen LogP contribution in [0.25, 0.3) is 0 Å². The molecule has 1 aliphatic rings. The van der Waals surface area contributed by atoms with E-state index in [9.17, 15) is 4.79 Å². The van der Waals surface area contributed by atoms with Crippen LogP contribution in [0.4, 0.5) is 0 Å². The van der Waals surface area contributed by atoms with Gasteiger partial charge in [0.25, 0.3) is 0 Å². The van der Waals surface area contributed by atoms with Gasteiger partial charge in [-0.1, -0.05) is 0 Å². The monoisotopic (exact) mass is 227 g/mol. The van der Waals surface area contributed by atoms with Crippen molar-refractivity contribution in [1.82, 2.24) is 15.1 Å². The SMILES string of the molecule is CN(C)CCCN(C)C(=O)C1CCCNC1. The second kappa shape index (κ2) is 6.86. The Balaban J connectivity index is 2.23. The van der Waals surface area contributed by atoms with Gasteiger partial charge < -0.3 is 15.1 Å². The van der Waals surface area contributed by atoms with E-state index in [1.54, 1.807) is 0 Å². The molecule has 0 aliphatic carbocycles. The molecule has 0 saturated carbocycles. The number of hydrogen-bond acceptors (Lipinski definition) is 3. The maximum atomic E-state index is 12.0. The summed E-state index contributed by atoms with van der Waals surface area (Å²) < 4.78 is 0. The van der Waals surface area contributed by atoms with Gasteiger partial charge in [-0.25, -0.2) is 0 Å². The fourth-order valence-electron chi connectivity index (χ4n) is 2.11. The highest BCUT2D eigenvalue weighted by Gasteiger charge is 2.23. The van der Waals surface area contributed by atoms with E-state index in [0.717, 1.165) is 45.4 Å². The molecule has 4 nitrogen and oxygen atoms in total. The summed E-state index contributed by atoms with van der Waals surface area (Å²) in [5.74, 6) is 0.518. The molecular weight excluding hydrogens is 202 g/mol. The normalized spacial score (nSPS) is 21.1. The van der Waals surface area contributed by atoms with Gasteiger partial charge in [-0.15, -0.1) is 0 Å². The molecule has 0 radical (unpaired) electrons. The molecule has 0 aromatic rings. The average Bonchev–Trinajstić information content (AvgIpc) is 2.28. The zero-order valence-corrected chi connectivity index (χ0v) is 10.8. The van der Waals surface area contributed by atoms with Crippen molar-refractivity contribution in [2.75, 3.05) is 47.3 Å². The van der Waals surface area contributed by atoms with Gasteiger partial charge in [0.05, 0.1) is 5.92 Å². The molecule has 16 heavy (non-hydrogen) atoms. The fraction of sp³-hybridized carbons (Fsp3) is 0.917. The van der Waals surface area contributed by atoms with Crippen LogP contribution in [0.2, 0.25) is 0 Å². The van der Waals surface area contributed by atoms with Crippen LogP contribution in [0.5, 0.6) is 0 Å². The van der Waals surface area contributed by atoms with Crippen molar-refractivity contribution in [3.05, 3.63) is 0 Å². The van der Waals surface area contributed by atoms with Crippen molar-refractivity contribution in [3.8, 4) is 0 Å². The molecule has 0 spiro atoms. The summed E-state index contributed by atoms with van der Waals surface area (Å²) in [7, 11) is 6.05. The molecule has 1 unspecified atom stereocenters. The van der Waals surface area contributed by atoms with Gasteiger partial charge in [0.2, 0.25) is 5.91 Å². The Morgan fingerprint density at radius 2 is 2.06 bits per heavy atom. The minimum atomic E-state index is 0.207. The van der Waals surface area contributed by atoms with Crippen LogP contribution >= 0.6 is 0 Å². The van der Waals surface area contributed by atoms with Crippen LogP contribution in [0, 0.1) is 5.92 Å².